The van der Waals surface area contributed by atoms with Crippen molar-refractivity contribution in [1.29, 1.82) is 0 Å². The molecule has 0 aliphatic heterocycles. The van der Waals surface area contributed by atoms with Gasteiger partial charge in [0, 0.05) is 16.5 Å². The number of aromatic nitrogens is 1. The van der Waals surface area contributed by atoms with Gasteiger partial charge in [0.1, 0.15) is 0 Å². The molecule has 1 nitrogen and oxygen atoms in total. The van der Waals surface area contributed by atoms with Crippen LogP contribution in [-0.4, -0.2) is 4.98 Å². The van der Waals surface area contributed by atoms with E-state index in [-0.39, 0.29) is 0 Å². The minimum atomic E-state index is 0.800. The van der Waals surface area contributed by atoms with Gasteiger partial charge >= 0.3 is 0 Å². The van der Waals surface area contributed by atoms with Gasteiger partial charge in [-0.15, -0.1) is 0 Å². The molecule has 0 spiro atoms. The first kappa shape index (κ1) is 11.5. The second-order valence-corrected chi connectivity index (χ2v) is 4.94. The van der Waals surface area contributed by atoms with Crippen molar-refractivity contribution in [3.8, 4) is 0 Å². The summed E-state index contributed by atoms with van der Waals surface area (Å²) in [5.74, 6) is 0. The van der Waals surface area contributed by atoms with Gasteiger partial charge in [-0.3, -0.25) is 4.98 Å². The van der Waals surface area contributed by atoms with Crippen LogP contribution in [0.25, 0.3) is 21.7 Å². The van der Waals surface area contributed by atoms with Crippen LogP contribution in [0.5, 0.6) is 0 Å². The minimum Gasteiger partial charge on any atom is -0.252 e. The monoisotopic (exact) mass is 255 g/mol. The van der Waals surface area contributed by atoms with Gasteiger partial charge in [0.2, 0.25) is 0 Å². The third-order valence-electron chi connectivity index (χ3n) is 3.21. The maximum Gasteiger partial charge on any atom is 0.0798 e. The molecule has 0 saturated heterocycles. The highest BCUT2D eigenvalue weighted by molar-refractivity contribution is 6.36. The number of rotatable bonds is 2. The molecule has 0 amide bonds. The van der Waals surface area contributed by atoms with Crippen molar-refractivity contribution in [2.75, 3.05) is 0 Å². The van der Waals surface area contributed by atoms with E-state index in [1.54, 1.807) is 0 Å². The third-order valence-corrected chi connectivity index (χ3v) is 3.53. The van der Waals surface area contributed by atoms with Crippen molar-refractivity contribution in [2.45, 2.75) is 19.8 Å². The molecule has 3 aromatic rings. The maximum atomic E-state index is 6.36. The zero-order valence-corrected chi connectivity index (χ0v) is 11.0. The van der Waals surface area contributed by atoms with Gasteiger partial charge in [-0.2, -0.15) is 0 Å². The highest BCUT2D eigenvalue weighted by Gasteiger charge is 2.07. The number of fused-ring (bicyclic) bond motifs is 3. The van der Waals surface area contributed by atoms with Crippen molar-refractivity contribution < 1.29 is 0 Å². The number of pyridine rings is 1. The van der Waals surface area contributed by atoms with Gasteiger partial charge in [-0.1, -0.05) is 61.3 Å². The van der Waals surface area contributed by atoms with E-state index in [2.05, 4.69) is 31.2 Å². The molecule has 0 bridgehead atoms. The summed E-state index contributed by atoms with van der Waals surface area (Å²) in [7, 11) is 0. The Labute approximate surface area is 111 Å². The summed E-state index contributed by atoms with van der Waals surface area (Å²) >= 11 is 6.36. The zero-order chi connectivity index (χ0) is 12.5. The van der Waals surface area contributed by atoms with Crippen LogP contribution >= 0.6 is 11.6 Å². The van der Waals surface area contributed by atoms with Crippen molar-refractivity contribution in [3.05, 3.63) is 53.2 Å². The summed E-state index contributed by atoms with van der Waals surface area (Å²) in [6.07, 6.45) is 2.05. The van der Waals surface area contributed by atoms with E-state index in [0.717, 1.165) is 34.5 Å². The smallest absolute Gasteiger partial charge is 0.0798 e. The maximum absolute atomic E-state index is 6.36. The molecular formula is C16H14ClN. The second-order valence-electron chi connectivity index (χ2n) is 4.53. The Morgan fingerprint density at radius 3 is 2.72 bits per heavy atom. The molecule has 90 valence electrons. The first-order valence-electron chi connectivity index (χ1n) is 6.26. The van der Waals surface area contributed by atoms with Crippen LogP contribution in [0.2, 0.25) is 5.02 Å². The highest BCUT2D eigenvalue weighted by Crippen LogP contribution is 2.29. The van der Waals surface area contributed by atoms with Gasteiger partial charge < -0.3 is 0 Å². The van der Waals surface area contributed by atoms with E-state index < -0.39 is 0 Å². The van der Waals surface area contributed by atoms with E-state index in [9.17, 15) is 0 Å². The van der Waals surface area contributed by atoms with Crippen molar-refractivity contribution in [2.24, 2.45) is 0 Å². The van der Waals surface area contributed by atoms with Gasteiger partial charge in [0.15, 0.2) is 0 Å². The quantitative estimate of drug-likeness (QED) is 0.588. The summed E-state index contributed by atoms with van der Waals surface area (Å²) in [4.78, 5) is 4.77. The summed E-state index contributed by atoms with van der Waals surface area (Å²) in [6, 6.07) is 14.5. The largest absolute Gasteiger partial charge is 0.252 e. The van der Waals surface area contributed by atoms with Gasteiger partial charge in [-0.05, 0) is 17.9 Å². The van der Waals surface area contributed by atoms with E-state index in [4.69, 9.17) is 16.6 Å². The Morgan fingerprint density at radius 1 is 1.06 bits per heavy atom. The predicted molar refractivity (Wildman–Crippen MR) is 78.3 cm³/mol. The topological polar surface area (TPSA) is 12.9 Å². The van der Waals surface area contributed by atoms with Crippen molar-refractivity contribution >= 4 is 33.3 Å². The molecule has 0 aliphatic rings. The summed E-state index contributed by atoms with van der Waals surface area (Å²) in [5.41, 5.74) is 2.09. The Hall–Kier alpha value is -1.60. The molecule has 0 radical (unpaired) electrons. The SMILES string of the molecule is CCCc1cc(Cl)c2ccc3ccccc3c2n1. The van der Waals surface area contributed by atoms with Crippen molar-refractivity contribution in [1.82, 2.24) is 4.98 Å². The molecule has 2 heteroatoms. The summed E-state index contributed by atoms with van der Waals surface area (Å²) in [5, 5.41) is 4.22. The predicted octanol–water partition coefficient (Wildman–Crippen LogP) is 4.99. The molecule has 18 heavy (non-hydrogen) atoms. The standard InChI is InChI=1S/C16H14ClN/c1-2-5-12-10-15(17)14-9-8-11-6-3-4-7-13(11)16(14)18-12/h3-4,6-10H,2,5H2,1H3. The van der Waals surface area contributed by atoms with Crippen LogP contribution in [-0.2, 0) is 6.42 Å². The van der Waals surface area contributed by atoms with Gasteiger partial charge in [0.05, 0.1) is 10.5 Å². The number of halogens is 1. The van der Waals surface area contributed by atoms with Crippen LogP contribution in [0.4, 0.5) is 0 Å². The fraction of sp³-hybridized carbons (Fsp3) is 0.188. The van der Waals surface area contributed by atoms with E-state index >= 15 is 0 Å². The third kappa shape index (κ3) is 1.85. The van der Waals surface area contributed by atoms with Crippen molar-refractivity contribution in [3.63, 3.8) is 0 Å². The Bertz CT molecular complexity index is 719. The molecule has 0 N–H and O–H groups in total. The number of hydrogen-bond donors (Lipinski definition) is 0. The minimum absolute atomic E-state index is 0.800. The number of nitrogens with zero attached hydrogens (tertiary/aromatic N) is 1. The lowest BCUT2D eigenvalue weighted by atomic mass is 10.1. The number of hydrogen-bond acceptors (Lipinski definition) is 1. The molecule has 0 unspecified atom stereocenters. The average Bonchev–Trinajstić information content (AvgIpc) is 2.39. The van der Waals surface area contributed by atoms with Crippen LogP contribution in [0.15, 0.2) is 42.5 Å². The number of benzene rings is 2. The fourth-order valence-corrected chi connectivity index (χ4v) is 2.63. The lowest BCUT2D eigenvalue weighted by Gasteiger charge is -2.07. The van der Waals surface area contributed by atoms with E-state index in [0.29, 0.717) is 0 Å². The van der Waals surface area contributed by atoms with E-state index in [1.807, 2.05) is 18.2 Å². The van der Waals surface area contributed by atoms with Crippen LogP contribution in [0, 0.1) is 0 Å². The van der Waals surface area contributed by atoms with Crippen LogP contribution in [0.1, 0.15) is 19.0 Å². The molecule has 0 atom stereocenters. The average molecular weight is 256 g/mol. The molecular weight excluding hydrogens is 242 g/mol. The van der Waals surface area contributed by atoms with Gasteiger partial charge in [0.25, 0.3) is 0 Å². The summed E-state index contributed by atoms with van der Waals surface area (Å²) in [6.45, 7) is 2.16. The normalized spacial score (nSPS) is 11.2. The van der Waals surface area contributed by atoms with Gasteiger partial charge in [-0.25, -0.2) is 0 Å². The Morgan fingerprint density at radius 2 is 1.89 bits per heavy atom. The highest BCUT2D eigenvalue weighted by atomic mass is 35.5. The zero-order valence-electron chi connectivity index (χ0n) is 10.3. The molecule has 1 aromatic heterocycles. The van der Waals surface area contributed by atoms with Crippen LogP contribution in [0.3, 0.4) is 0 Å². The molecule has 1 heterocycles. The second kappa shape index (κ2) is 4.58. The molecule has 0 aliphatic carbocycles. The Kier molecular flexibility index (Phi) is 2.92. The lowest BCUT2D eigenvalue weighted by molar-refractivity contribution is 0.890. The lowest BCUT2D eigenvalue weighted by Crippen LogP contribution is -1.91. The molecule has 0 saturated carbocycles. The number of aryl methyl sites for hydroxylation is 1. The first-order chi connectivity index (χ1) is 8.79. The molecule has 0 fully saturated rings. The summed E-state index contributed by atoms with van der Waals surface area (Å²) < 4.78 is 0. The molecule has 3 rings (SSSR count). The first-order valence-corrected chi connectivity index (χ1v) is 6.64. The molecule has 2 aromatic carbocycles. The van der Waals surface area contributed by atoms with Crippen LogP contribution < -0.4 is 0 Å². The van der Waals surface area contributed by atoms with E-state index in [1.165, 1.54) is 10.8 Å². The Balaban J connectivity index is 2.40. The fourth-order valence-electron chi connectivity index (χ4n) is 2.35.